The van der Waals surface area contributed by atoms with Crippen molar-refractivity contribution in [3.8, 4) is 0 Å². The summed E-state index contributed by atoms with van der Waals surface area (Å²) in [4.78, 5) is 15.1. The maximum Gasteiger partial charge on any atom is 0.284 e. The van der Waals surface area contributed by atoms with E-state index in [-0.39, 0.29) is 17.2 Å². The number of hydrogen-bond donors (Lipinski definition) is 1. The smallest absolute Gasteiger partial charge is 0.284 e. The molecule has 0 bridgehead atoms. The van der Waals surface area contributed by atoms with Gasteiger partial charge in [0, 0.05) is 30.6 Å². The standard InChI is InChI=1S/C19H23N3O3S2/c1-22-11-4-2-3-10-18(22)21-27(24,25)17-9-5-7-15(13-17)20-19(23)14-16-8-6-12-26-16/h5-9,12-13H,2-4,10-11,14H2,1H3,(H,20,23)/b21-18-. The van der Waals surface area contributed by atoms with E-state index in [4.69, 9.17) is 0 Å². The van der Waals surface area contributed by atoms with Gasteiger partial charge in [0.15, 0.2) is 0 Å². The number of benzene rings is 1. The van der Waals surface area contributed by atoms with E-state index in [9.17, 15) is 13.2 Å². The Morgan fingerprint density at radius 3 is 2.85 bits per heavy atom. The number of amides is 1. The van der Waals surface area contributed by atoms with Crippen molar-refractivity contribution in [2.45, 2.75) is 37.0 Å². The lowest BCUT2D eigenvalue weighted by Crippen LogP contribution is -2.26. The quantitative estimate of drug-likeness (QED) is 0.825. The van der Waals surface area contributed by atoms with E-state index >= 15 is 0 Å². The van der Waals surface area contributed by atoms with E-state index in [0.717, 1.165) is 30.7 Å². The molecule has 0 unspecified atom stereocenters. The average Bonchev–Trinajstić information content (AvgIpc) is 3.05. The highest BCUT2D eigenvalue weighted by atomic mass is 32.2. The molecule has 1 aliphatic heterocycles. The molecule has 0 radical (unpaired) electrons. The van der Waals surface area contributed by atoms with Crippen LogP contribution in [0, 0.1) is 0 Å². The first-order valence-electron chi connectivity index (χ1n) is 8.91. The van der Waals surface area contributed by atoms with Gasteiger partial charge in [-0.05, 0) is 42.5 Å². The summed E-state index contributed by atoms with van der Waals surface area (Å²) in [6.45, 7) is 0.813. The lowest BCUT2D eigenvalue weighted by molar-refractivity contribution is -0.115. The van der Waals surface area contributed by atoms with Gasteiger partial charge in [0.05, 0.1) is 11.3 Å². The number of nitrogens with zero attached hydrogens (tertiary/aromatic N) is 2. The van der Waals surface area contributed by atoms with Crippen molar-refractivity contribution in [3.05, 3.63) is 46.7 Å². The molecule has 2 heterocycles. The van der Waals surface area contributed by atoms with Crippen LogP contribution in [0.25, 0.3) is 0 Å². The zero-order valence-electron chi connectivity index (χ0n) is 15.2. The third-order valence-electron chi connectivity index (χ3n) is 4.39. The van der Waals surface area contributed by atoms with Crippen molar-refractivity contribution >= 4 is 38.8 Å². The fourth-order valence-electron chi connectivity index (χ4n) is 2.95. The lowest BCUT2D eigenvalue weighted by atomic mass is 10.2. The molecule has 27 heavy (non-hydrogen) atoms. The fraction of sp³-hybridized carbons (Fsp3) is 0.368. The van der Waals surface area contributed by atoms with E-state index in [1.165, 1.54) is 23.5 Å². The minimum Gasteiger partial charge on any atom is -0.362 e. The first-order chi connectivity index (χ1) is 12.9. The number of carbonyl (C=O) groups excluding carboxylic acids is 1. The van der Waals surface area contributed by atoms with E-state index in [0.29, 0.717) is 17.9 Å². The van der Waals surface area contributed by atoms with Gasteiger partial charge < -0.3 is 10.2 Å². The van der Waals surface area contributed by atoms with Gasteiger partial charge in [-0.15, -0.1) is 15.7 Å². The number of thiophene rings is 1. The Morgan fingerprint density at radius 1 is 1.22 bits per heavy atom. The van der Waals surface area contributed by atoms with Gasteiger partial charge in [-0.2, -0.15) is 8.42 Å². The van der Waals surface area contributed by atoms with Gasteiger partial charge in [0.25, 0.3) is 10.0 Å². The van der Waals surface area contributed by atoms with Gasteiger partial charge in [0.1, 0.15) is 5.84 Å². The summed E-state index contributed by atoms with van der Waals surface area (Å²) in [6.07, 6.45) is 3.99. The molecule has 1 N–H and O–H groups in total. The molecule has 1 aromatic heterocycles. The van der Waals surface area contributed by atoms with E-state index in [2.05, 4.69) is 9.71 Å². The summed E-state index contributed by atoms with van der Waals surface area (Å²) in [7, 11) is -1.94. The van der Waals surface area contributed by atoms with Crippen molar-refractivity contribution in [2.24, 2.45) is 4.40 Å². The van der Waals surface area contributed by atoms with Crippen LogP contribution in [0.2, 0.25) is 0 Å². The average molecular weight is 406 g/mol. The molecule has 1 aliphatic rings. The molecule has 0 spiro atoms. The molecule has 8 heteroatoms. The number of carbonyl (C=O) groups is 1. The van der Waals surface area contributed by atoms with Gasteiger partial charge >= 0.3 is 0 Å². The third-order valence-corrected chi connectivity index (χ3v) is 6.57. The summed E-state index contributed by atoms with van der Waals surface area (Å²) in [5.74, 6) is 0.418. The number of likely N-dealkylation sites (tertiary alicyclic amines) is 1. The van der Waals surface area contributed by atoms with E-state index < -0.39 is 10.0 Å². The molecule has 0 atom stereocenters. The second-order valence-corrected chi connectivity index (χ2v) is 9.18. The molecule has 1 amide bonds. The highest BCUT2D eigenvalue weighted by molar-refractivity contribution is 7.90. The minimum atomic E-state index is -3.82. The summed E-state index contributed by atoms with van der Waals surface area (Å²) >= 11 is 1.51. The van der Waals surface area contributed by atoms with Crippen molar-refractivity contribution < 1.29 is 13.2 Å². The highest BCUT2D eigenvalue weighted by Crippen LogP contribution is 2.20. The molecule has 1 fully saturated rings. The van der Waals surface area contributed by atoms with Crippen LogP contribution in [0.3, 0.4) is 0 Å². The zero-order valence-corrected chi connectivity index (χ0v) is 16.9. The summed E-state index contributed by atoms with van der Waals surface area (Å²) < 4.78 is 29.5. The normalized spacial score (nSPS) is 16.9. The molecular weight excluding hydrogens is 382 g/mol. The summed E-state index contributed by atoms with van der Waals surface area (Å²) in [5, 5.41) is 4.68. The predicted octanol–water partition coefficient (Wildman–Crippen LogP) is 3.52. The van der Waals surface area contributed by atoms with Crippen LogP contribution in [0.5, 0.6) is 0 Å². The van der Waals surface area contributed by atoms with Crippen LogP contribution in [0.15, 0.2) is 51.1 Å². The van der Waals surface area contributed by atoms with E-state index in [1.807, 2.05) is 29.5 Å². The minimum absolute atomic E-state index is 0.0848. The van der Waals surface area contributed by atoms with Gasteiger partial charge in [-0.25, -0.2) is 0 Å². The molecule has 2 aromatic rings. The SMILES string of the molecule is CN1CCCCC/C1=N/S(=O)(=O)c1cccc(NC(=O)Cc2cccs2)c1. The monoisotopic (exact) mass is 405 g/mol. The van der Waals surface area contributed by atoms with Crippen LogP contribution in [-0.2, 0) is 21.2 Å². The summed E-state index contributed by atoms with van der Waals surface area (Å²) in [5.41, 5.74) is 0.451. The number of amidine groups is 1. The van der Waals surface area contributed by atoms with Crippen molar-refractivity contribution in [3.63, 3.8) is 0 Å². The molecule has 1 saturated heterocycles. The maximum absolute atomic E-state index is 12.7. The Balaban J connectivity index is 1.76. The Bertz CT molecular complexity index is 921. The Hall–Kier alpha value is -2.19. The third kappa shape index (κ3) is 5.40. The van der Waals surface area contributed by atoms with Crippen LogP contribution in [-0.4, -0.2) is 38.7 Å². The predicted molar refractivity (Wildman–Crippen MR) is 109 cm³/mol. The first kappa shape index (κ1) is 19.6. The molecule has 0 saturated carbocycles. The van der Waals surface area contributed by atoms with E-state index in [1.54, 1.807) is 12.1 Å². The fourth-order valence-corrected chi connectivity index (χ4v) is 4.79. The Labute approximate surface area is 164 Å². The van der Waals surface area contributed by atoms with Crippen LogP contribution in [0.1, 0.15) is 30.6 Å². The molecule has 6 nitrogen and oxygen atoms in total. The number of nitrogens with one attached hydrogen (secondary N) is 1. The molecule has 0 aliphatic carbocycles. The van der Waals surface area contributed by atoms with Crippen molar-refractivity contribution in [1.29, 1.82) is 0 Å². The van der Waals surface area contributed by atoms with Crippen LogP contribution in [0.4, 0.5) is 5.69 Å². The molecular formula is C19H23N3O3S2. The molecule has 3 rings (SSSR count). The number of anilines is 1. The lowest BCUT2D eigenvalue weighted by Gasteiger charge is -2.17. The first-order valence-corrected chi connectivity index (χ1v) is 11.2. The largest absolute Gasteiger partial charge is 0.362 e. The molecule has 144 valence electrons. The highest BCUT2D eigenvalue weighted by Gasteiger charge is 2.19. The van der Waals surface area contributed by atoms with Gasteiger partial charge in [-0.1, -0.05) is 18.6 Å². The van der Waals surface area contributed by atoms with Gasteiger partial charge in [0.2, 0.25) is 5.91 Å². The van der Waals surface area contributed by atoms with Crippen LogP contribution < -0.4 is 5.32 Å². The maximum atomic E-state index is 12.7. The number of rotatable bonds is 5. The Morgan fingerprint density at radius 2 is 2.07 bits per heavy atom. The van der Waals surface area contributed by atoms with Gasteiger partial charge in [-0.3, -0.25) is 4.79 Å². The van der Waals surface area contributed by atoms with Crippen molar-refractivity contribution in [2.75, 3.05) is 18.9 Å². The number of sulfonamides is 1. The second-order valence-electron chi connectivity index (χ2n) is 6.55. The van der Waals surface area contributed by atoms with Crippen LogP contribution >= 0.6 is 11.3 Å². The zero-order chi connectivity index (χ0) is 19.3. The summed E-state index contributed by atoms with van der Waals surface area (Å²) in [6, 6.07) is 10.0. The molecule has 1 aromatic carbocycles. The Kier molecular flexibility index (Phi) is 6.28. The van der Waals surface area contributed by atoms with Crippen molar-refractivity contribution in [1.82, 2.24) is 4.90 Å². The topological polar surface area (TPSA) is 78.8 Å². The second kappa shape index (κ2) is 8.67. The number of hydrogen-bond acceptors (Lipinski definition) is 4.